The summed E-state index contributed by atoms with van der Waals surface area (Å²) in [6.07, 6.45) is 4.50. The summed E-state index contributed by atoms with van der Waals surface area (Å²) < 4.78 is 2.53. The van der Waals surface area contributed by atoms with Crippen LogP contribution in [0.1, 0.15) is 51.7 Å². The minimum atomic E-state index is 0.0662. The largest absolute Gasteiger partial charge is 0.213 e. The minimum absolute atomic E-state index is 0.0662. The van der Waals surface area contributed by atoms with Crippen molar-refractivity contribution in [1.82, 2.24) is 0 Å². The van der Waals surface area contributed by atoms with Gasteiger partial charge in [-0.25, -0.2) is 0 Å². The molecule has 0 radical (unpaired) electrons. The Morgan fingerprint density at radius 2 is 1.52 bits per heavy atom. The summed E-state index contributed by atoms with van der Waals surface area (Å²) in [7, 11) is 0. The fourth-order valence-corrected chi connectivity index (χ4v) is 4.94. The molecule has 0 bridgehead atoms. The third kappa shape index (κ3) is 2.48. The normalized spacial score (nSPS) is 23.6. The van der Waals surface area contributed by atoms with Crippen LogP contribution in [-0.2, 0) is 11.0 Å². The average molecular weight is 357 g/mol. The van der Waals surface area contributed by atoms with Gasteiger partial charge in [-0.15, -0.1) is 0 Å². The van der Waals surface area contributed by atoms with Gasteiger partial charge in [0.15, 0.2) is 11.7 Å². The molecule has 4 rings (SSSR count). The number of aromatic nitrogens is 1. The SMILES string of the molecule is CCC1(C)c2ccc(-c3ccc(C)cc3)cc2-c2cccc[n+]2C1(C)CC. The van der Waals surface area contributed by atoms with Gasteiger partial charge in [0.1, 0.15) is 0 Å². The van der Waals surface area contributed by atoms with Crippen molar-refractivity contribution in [2.45, 2.75) is 58.4 Å². The monoisotopic (exact) mass is 356 g/mol. The predicted octanol–water partition coefficient (Wildman–Crippen LogP) is 6.42. The van der Waals surface area contributed by atoms with Crippen molar-refractivity contribution >= 4 is 0 Å². The zero-order valence-corrected chi connectivity index (χ0v) is 17.2. The van der Waals surface area contributed by atoms with Crippen LogP contribution in [0, 0.1) is 6.92 Å². The van der Waals surface area contributed by atoms with Gasteiger partial charge in [0.25, 0.3) is 0 Å². The first-order chi connectivity index (χ1) is 12.9. The molecule has 0 N–H and O–H groups in total. The lowest BCUT2D eigenvalue weighted by atomic mass is 9.60. The van der Waals surface area contributed by atoms with Crippen LogP contribution in [0.25, 0.3) is 22.4 Å². The van der Waals surface area contributed by atoms with E-state index < -0.39 is 0 Å². The lowest BCUT2D eigenvalue weighted by Crippen LogP contribution is -2.67. The van der Waals surface area contributed by atoms with E-state index in [2.05, 4.69) is 106 Å². The molecule has 2 aromatic carbocycles. The van der Waals surface area contributed by atoms with Gasteiger partial charge in [-0.05, 0) is 49.1 Å². The Bertz CT molecular complexity index is 985. The summed E-state index contributed by atoms with van der Waals surface area (Å²) in [5.74, 6) is 0. The Balaban J connectivity index is 1.99. The third-order valence-corrected chi connectivity index (χ3v) is 7.25. The Morgan fingerprint density at radius 3 is 2.19 bits per heavy atom. The highest BCUT2D eigenvalue weighted by Gasteiger charge is 2.56. The van der Waals surface area contributed by atoms with Crippen LogP contribution < -0.4 is 4.57 Å². The molecule has 0 fully saturated rings. The first-order valence-electron chi connectivity index (χ1n) is 10.2. The number of benzene rings is 2. The molecule has 1 aliphatic rings. The number of hydrogen-bond acceptors (Lipinski definition) is 0. The number of rotatable bonds is 3. The number of pyridine rings is 1. The van der Waals surface area contributed by atoms with Crippen LogP contribution in [0.15, 0.2) is 66.9 Å². The van der Waals surface area contributed by atoms with Gasteiger partial charge in [0, 0.05) is 25.5 Å². The lowest BCUT2D eigenvalue weighted by molar-refractivity contribution is -0.765. The van der Waals surface area contributed by atoms with Crippen molar-refractivity contribution in [3.8, 4) is 22.4 Å². The van der Waals surface area contributed by atoms with Crippen LogP contribution in [0.5, 0.6) is 0 Å². The standard InChI is InChI=1S/C26H30N/c1-6-25(4)23-16-15-21(20-13-11-19(3)12-14-20)18-22(23)24-10-8-9-17-27(24)26(25,5)7-2/h8-18H,6-7H2,1-5H3/q+1. The maximum absolute atomic E-state index is 2.53. The molecular weight excluding hydrogens is 326 g/mol. The van der Waals surface area contributed by atoms with E-state index >= 15 is 0 Å². The van der Waals surface area contributed by atoms with Gasteiger partial charge in [0.2, 0.25) is 5.69 Å². The quantitative estimate of drug-likeness (QED) is 0.477. The molecule has 27 heavy (non-hydrogen) atoms. The first-order valence-corrected chi connectivity index (χ1v) is 10.2. The zero-order valence-electron chi connectivity index (χ0n) is 17.2. The summed E-state index contributed by atoms with van der Waals surface area (Å²) in [6, 6.07) is 22.6. The predicted molar refractivity (Wildman–Crippen MR) is 114 cm³/mol. The van der Waals surface area contributed by atoms with Crippen molar-refractivity contribution in [3.63, 3.8) is 0 Å². The van der Waals surface area contributed by atoms with E-state index in [1.807, 2.05) is 0 Å². The van der Waals surface area contributed by atoms with Crippen molar-refractivity contribution in [2.75, 3.05) is 0 Å². The second-order valence-electron chi connectivity index (χ2n) is 8.40. The first kappa shape index (κ1) is 18.0. The molecule has 0 saturated heterocycles. The highest BCUT2D eigenvalue weighted by atomic mass is 15.1. The molecule has 1 aliphatic heterocycles. The van der Waals surface area contributed by atoms with E-state index in [4.69, 9.17) is 0 Å². The molecule has 2 heterocycles. The molecule has 1 heteroatoms. The van der Waals surface area contributed by atoms with Crippen molar-refractivity contribution in [3.05, 3.63) is 78.0 Å². The van der Waals surface area contributed by atoms with Crippen molar-refractivity contribution in [1.29, 1.82) is 0 Å². The average Bonchev–Trinajstić information content (AvgIpc) is 2.72. The zero-order chi connectivity index (χ0) is 19.2. The van der Waals surface area contributed by atoms with Crippen molar-refractivity contribution < 1.29 is 4.57 Å². The fraction of sp³-hybridized carbons (Fsp3) is 0.346. The molecule has 2 unspecified atom stereocenters. The Kier molecular flexibility index (Phi) is 4.22. The number of nitrogens with zero attached hydrogens (tertiary/aromatic N) is 1. The molecule has 138 valence electrons. The molecular formula is C26H30N+. The van der Waals surface area contributed by atoms with E-state index in [9.17, 15) is 0 Å². The van der Waals surface area contributed by atoms with Crippen molar-refractivity contribution in [2.24, 2.45) is 0 Å². The minimum Gasteiger partial charge on any atom is -0.192 e. The second-order valence-corrected chi connectivity index (χ2v) is 8.40. The van der Waals surface area contributed by atoms with E-state index in [0.29, 0.717) is 0 Å². The molecule has 0 saturated carbocycles. The maximum Gasteiger partial charge on any atom is 0.213 e. The van der Waals surface area contributed by atoms with Crippen LogP contribution >= 0.6 is 0 Å². The van der Waals surface area contributed by atoms with Crippen LogP contribution in [-0.4, -0.2) is 0 Å². The number of aryl methyl sites for hydroxylation is 1. The lowest BCUT2D eigenvalue weighted by Gasteiger charge is -2.46. The summed E-state index contributed by atoms with van der Waals surface area (Å²) in [5, 5.41) is 0. The number of fused-ring (bicyclic) bond motifs is 3. The summed E-state index contributed by atoms with van der Waals surface area (Å²) in [6.45, 7) is 11.7. The van der Waals surface area contributed by atoms with Crippen LogP contribution in [0.2, 0.25) is 0 Å². The van der Waals surface area contributed by atoms with Gasteiger partial charge in [0.05, 0.1) is 11.0 Å². The summed E-state index contributed by atoms with van der Waals surface area (Å²) >= 11 is 0. The molecule has 1 nitrogen and oxygen atoms in total. The third-order valence-electron chi connectivity index (χ3n) is 7.25. The van der Waals surface area contributed by atoms with E-state index in [1.54, 1.807) is 0 Å². The fourth-order valence-electron chi connectivity index (χ4n) is 4.94. The smallest absolute Gasteiger partial charge is 0.192 e. The van der Waals surface area contributed by atoms with Gasteiger partial charge in [-0.2, -0.15) is 4.57 Å². The van der Waals surface area contributed by atoms with E-state index in [-0.39, 0.29) is 11.0 Å². The Hall–Kier alpha value is -2.41. The van der Waals surface area contributed by atoms with Gasteiger partial charge in [-0.1, -0.05) is 55.8 Å². The van der Waals surface area contributed by atoms with Gasteiger partial charge >= 0.3 is 0 Å². The van der Waals surface area contributed by atoms with Crippen LogP contribution in [0.4, 0.5) is 0 Å². The molecule has 1 aromatic heterocycles. The molecule has 2 atom stereocenters. The van der Waals surface area contributed by atoms with E-state index in [0.717, 1.165) is 12.8 Å². The number of hydrogen-bond donors (Lipinski definition) is 0. The van der Waals surface area contributed by atoms with Gasteiger partial charge in [-0.3, -0.25) is 0 Å². The molecule has 0 amide bonds. The van der Waals surface area contributed by atoms with Crippen LogP contribution in [0.3, 0.4) is 0 Å². The summed E-state index contributed by atoms with van der Waals surface area (Å²) in [4.78, 5) is 0. The summed E-state index contributed by atoms with van der Waals surface area (Å²) in [5.41, 5.74) is 8.24. The molecule has 0 aliphatic carbocycles. The molecule has 3 aromatic rings. The topological polar surface area (TPSA) is 3.88 Å². The Labute approximate surface area is 163 Å². The highest BCUT2D eigenvalue weighted by molar-refractivity contribution is 5.75. The maximum atomic E-state index is 2.53. The second kappa shape index (κ2) is 6.34. The molecule has 0 spiro atoms. The van der Waals surface area contributed by atoms with E-state index in [1.165, 1.54) is 33.5 Å². The Morgan fingerprint density at radius 1 is 0.815 bits per heavy atom. The van der Waals surface area contributed by atoms with Gasteiger partial charge < -0.3 is 0 Å². The highest BCUT2D eigenvalue weighted by Crippen LogP contribution is 2.49.